The molecule has 1 atom stereocenters. The molecule has 1 aliphatic carbocycles. The average molecular weight is 300 g/mol. The highest BCUT2D eigenvalue weighted by atomic mass is 32.2. The van der Waals surface area contributed by atoms with E-state index in [2.05, 4.69) is 5.32 Å². The van der Waals surface area contributed by atoms with Crippen LogP contribution in [0.2, 0.25) is 0 Å². The van der Waals surface area contributed by atoms with Crippen LogP contribution in [0.15, 0.2) is 0 Å². The Balaban J connectivity index is 1.79. The highest BCUT2D eigenvalue weighted by Crippen LogP contribution is 2.42. The van der Waals surface area contributed by atoms with Gasteiger partial charge in [0.05, 0.1) is 18.1 Å². The number of hydrogen-bond donors (Lipinski definition) is 1. The van der Waals surface area contributed by atoms with E-state index in [1.807, 2.05) is 0 Å². The third kappa shape index (κ3) is 2.32. The fourth-order valence-corrected chi connectivity index (χ4v) is 4.80. The predicted molar refractivity (Wildman–Crippen MR) is 72.7 cm³/mol. The lowest BCUT2D eigenvalue weighted by molar-refractivity contribution is -0.152. The van der Waals surface area contributed by atoms with E-state index in [1.54, 1.807) is 11.8 Å². The molecule has 0 aromatic carbocycles. The highest BCUT2D eigenvalue weighted by molar-refractivity contribution is 7.91. The molecule has 0 aromatic heterocycles. The summed E-state index contributed by atoms with van der Waals surface area (Å²) in [4.78, 5) is 26.2. The normalized spacial score (nSPS) is 35.0. The first-order valence-corrected chi connectivity index (χ1v) is 8.96. The van der Waals surface area contributed by atoms with E-state index >= 15 is 0 Å². The maximum atomic E-state index is 12.7. The smallest absolute Gasteiger partial charge is 0.249 e. The van der Waals surface area contributed by atoms with Crippen molar-refractivity contribution in [1.82, 2.24) is 10.2 Å². The van der Waals surface area contributed by atoms with E-state index < -0.39 is 15.4 Å². The minimum atomic E-state index is -2.96. The van der Waals surface area contributed by atoms with Crippen LogP contribution in [0.1, 0.15) is 32.6 Å². The van der Waals surface area contributed by atoms with Crippen LogP contribution >= 0.6 is 0 Å². The molecule has 1 unspecified atom stereocenters. The van der Waals surface area contributed by atoms with Crippen molar-refractivity contribution in [3.63, 3.8) is 0 Å². The van der Waals surface area contributed by atoms with Gasteiger partial charge in [0.15, 0.2) is 0 Å². The first-order valence-electron chi connectivity index (χ1n) is 7.14. The number of nitrogens with zero attached hydrogens (tertiary/aromatic N) is 1. The summed E-state index contributed by atoms with van der Waals surface area (Å²) in [6, 6.07) is -0.116. The number of rotatable bonds is 2. The Morgan fingerprint density at radius 1 is 1.15 bits per heavy atom. The lowest BCUT2D eigenvalue weighted by Crippen LogP contribution is -2.68. The van der Waals surface area contributed by atoms with Crippen molar-refractivity contribution in [2.24, 2.45) is 5.92 Å². The van der Waals surface area contributed by atoms with E-state index in [-0.39, 0.29) is 41.8 Å². The summed E-state index contributed by atoms with van der Waals surface area (Å²) in [5.74, 6) is 0.289. The molecule has 2 aliphatic heterocycles. The lowest BCUT2D eigenvalue weighted by atomic mass is 9.90. The van der Waals surface area contributed by atoms with Gasteiger partial charge >= 0.3 is 0 Å². The molecule has 20 heavy (non-hydrogen) atoms. The molecule has 2 amide bonds. The minimum Gasteiger partial charge on any atom is -0.340 e. The molecule has 0 spiro atoms. The Morgan fingerprint density at radius 3 is 2.30 bits per heavy atom. The fourth-order valence-electron chi connectivity index (χ4n) is 3.33. The molecular formula is C13H20N2O4S. The van der Waals surface area contributed by atoms with Gasteiger partial charge in [0.25, 0.3) is 0 Å². The monoisotopic (exact) mass is 300 g/mol. The van der Waals surface area contributed by atoms with E-state index in [0.717, 1.165) is 12.8 Å². The zero-order valence-corrected chi connectivity index (χ0v) is 12.4. The number of carbonyl (C=O) groups is 2. The Hall–Kier alpha value is -1.11. The molecule has 112 valence electrons. The van der Waals surface area contributed by atoms with Crippen LogP contribution < -0.4 is 5.32 Å². The Kier molecular flexibility index (Phi) is 3.08. The molecule has 2 saturated heterocycles. The molecule has 0 aromatic rings. The van der Waals surface area contributed by atoms with Crippen LogP contribution in [0.5, 0.6) is 0 Å². The molecule has 6 nitrogen and oxygen atoms in total. The van der Waals surface area contributed by atoms with Gasteiger partial charge < -0.3 is 10.2 Å². The molecule has 3 aliphatic rings. The molecule has 7 heteroatoms. The van der Waals surface area contributed by atoms with Gasteiger partial charge in [-0.25, -0.2) is 8.42 Å². The predicted octanol–water partition coefficient (Wildman–Crippen LogP) is -0.309. The van der Waals surface area contributed by atoms with Crippen molar-refractivity contribution < 1.29 is 18.0 Å². The number of piperazine rings is 1. The number of hydrogen-bond acceptors (Lipinski definition) is 4. The SMILES string of the molecule is CC1(C2CC2)NC(=O)CN(C2CCS(=O)(=O)CC2)C1=O. The largest absolute Gasteiger partial charge is 0.340 e. The second-order valence-corrected chi connectivity index (χ2v) is 8.64. The summed E-state index contributed by atoms with van der Waals surface area (Å²) in [5.41, 5.74) is -0.786. The molecule has 2 heterocycles. The van der Waals surface area contributed by atoms with Gasteiger partial charge in [0.2, 0.25) is 11.8 Å². The van der Waals surface area contributed by atoms with Gasteiger partial charge in [-0.2, -0.15) is 0 Å². The zero-order chi connectivity index (χ0) is 14.5. The molecule has 3 rings (SSSR count). The summed E-state index contributed by atoms with van der Waals surface area (Å²) in [6.07, 6.45) is 2.83. The molecule has 0 bridgehead atoms. The first kappa shape index (κ1) is 13.9. The summed E-state index contributed by atoms with van der Waals surface area (Å²) in [7, 11) is -2.96. The Labute approximate surface area is 118 Å². The number of carbonyl (C=O) groups excluding carboxylic acids is 2. The van der Waals surface area contributed by atoms with Gasteiger partial charge in [0, 0.05) is 6.04 Å². The fraction of sp³-hybridized carbons (Fsp3) is 0.846. The van der Waals surface area contributed by atoms with Crippen LogP contribution in [0, 0.1) is 5.92 Å². The third-order valence-corrected chi connectivity index (χ3v) is 6.49. The molecule has 1 saturated carbocycles. The Morgan fingerprint density at radius 2 is 1.75 bits per heavy atom. The summed E-state index contributed by atoms with van der Waals surface area (Å²) >= 11 is 0. The first-order chi connectivity index (χ1) is 9.32. The minimum absolute atomic E-state index is 0.0381. The van der Waals surface area contributed by atoms with Crippen molar-refractivity contribution in [2.45, 2.75) is 44.2 Å². The third-order valence-electron chi connectivity index (χ3n) is 4.78. The van der Waals surface area contributed by atoms with E-state index in [0.29, 0.717) is 12.8 Å². The van der Waals surface area contributed by atoms with Crippen molar-refractivity contribution in [2.75, 3.05) is 18.1 Å². The number of amides is 2. The second kappa shape index (κ2) is 4.44. The van der Waals surface area contributed by atoms with Gasteiger partial charge in [-0.15, -0.1) is 0 Å². The zero-order valence-electron chi connectivity index (χ0n) is 11.6. The molecule has 1 N–H and O–H groups in total. The van der Waals surface area contributed by atoms with Crippen molar-refractivity contribution in [1.29, 1.82) is 0 Å². The van der Waals surface area contributed by atoms with Gasteiger partial charge in [0.1, 0.15) is 15.4 Å². The number of sulfone groups is 1. The quantitative estimate of drug-likeness (QED) is 0.758. The maximum absolute atomic E-state index is 12.7. The summed E-state index contributed by atoms with van der Waals surface area (Å²) in [6.45, 7) is 1.86. The van der Waals surface area contributed by atoms with E-state index in [1.165, 1.54) is 0 Å². The van der Waals surface area contributed by atoms with Crippen molar-refractivity contribution in [3.8, 4) is 0 Å². The van der Waals surface area contributed by atoms with Crippen molar-refractivity contribution in [3.05, 3.63) is 0 Å². The number of nitrogens with one attached hydrogen (secondary N) is 1. The van der Waals surface area contributed by atoms with Gasteiger partial charge in [-0.05, 0) is 38.5 Å². The summed E-state index contributed by atoms with van der Waals surface area (Å²) < 4.78 is 23.0. The average Bonchev–Trinajstić information content (AvgIpc) is 3.18. The highest BCUT2D eigenvalue weighted by Gasteiger charge is 2.53. The van der Waals surface area contributed by atoms with Crippen LogP contribution in [-0.2, 0) is 19.4 Å². The lowest BCUT2D eigenvalue weighted by Gasteiger charge is -2.44. The van der Waals surface area contributed by atoms with E-state index in [9.17, 15) is 18.0 Å². The van der Waals surface area contributed by atoms with Gasteiger partial charge in [-0.1, -0.05) is 0 Å². The van der Waals surface area contributed by atoms with E-state index in [4.69, 9.17) is 0 Å². The molecule has 3 fully saturated rings. The van der Waals surface area contributed by atoms with Gasteiger partial charge in [-0.3, -0.25) is 9.59 Å². The van der Waals surface area contributed by atoms with Crippen LogP contribution in [-0.4, -0.2) is 54.8 Å². The topological polar surface area (TPSA) is 83.6 Å². The summed E-state index contributed by atoms with van der Waals surface area (Å²) in [5, 5.41) is 2.84. The maximum Gasteiger partial charge on any atom is 0.249 e. The standard InChI is InChI=1S/C13H20N2O4S/c1-13(9-2-3-9)12(17)15(8-11(16)14-13)10-4-6-20(18,19)7-5-10/h9-10H,2-8H2,1H3,(H,14,16). The molecular weight excluding hydrogens is 280 g/mol. The van der Waals surface area contributed by atoms with Crippen LogP contribution in [0.3, 0.4) is 0 Å². The molecule has 0 radical (unpaired) electrons. The second-order valence-electron chi connectivity index (χ2n) is 6.34. The van der Waals surface area contributed by atoms with Crippen molar-refractivity contribution >= 4 is 21.7 Å². The van der Waals surface area contributed by atoms with Crippen LogP contribution in [0.25, 0.3) is 0 Å². The van der Waals surface area contributed by atoms with Crippen LogP contribution in [0.4, 0.5) is 0 Å². The Bertz CT molecular complexity index is 541.